The van der Waals surface area contributed by atoms with Crippen LogP contribution in [0.25, 0.3) is 11.0 Å². The number of carbonyl (C=O) groups excluding carboxylic acids is 1. The number of pyridine rings is 1. The van der Waals surface area contributed by atoms with E-state index in [9.17, 15) is 4.79 Å². The van der Waals surface area contributed by atoms with Crippen LogP contribution in [0, 0.1) is 13.8 Å². The number of hydrogen-bond donors (Lipinski definition) is 1. The summed E-state index contributed by atoms with van der Waals surface area (Å²) in [5.74, 6) is 0.0300. The van der Waals surface area contributed by atoms with E-state index in [2.05, 4.69) is 9.97 Å². The summed E-state index contributed by atoms with van der Waals surface area (Å²) in [4.78, 5) is 19.8. The molecule has 3 nitrogen and oxygen atoms in total. The van der Waals surface area contributed by atoms with E-state index in [4.69, 9.17) is 0 Å². The van der Waals surface area contributed by atoms with Gasteiger partial charge in [-0.2, -0.15) is 0 Å². The molecular weight excluding hydrogens is 236 g/mol. The first-order valence-electron chi connectivity index (χ1n) is 6.21. The molecule has 2 aromatic heterocycles. The second kappa shape index (κ2) is 4.35. The molecule has 0 aliphatic heterocycles. The van der Waals surface area contributed by atoms with E-state index >= 15 is 0 Å². The Morgan fingerprint density at radius 2 is 2.00 bits per heavy atom. The Bertz CT molecular complexity index is 771. The second-order valence-electron chi connectivity index (χ2n) is 4.73. The number of nitrogens with one attached hydrogen (secondary N) is 1. The van der Waals surface area contributed by atoms with Gasteiger partial charge < -0.3 is 4.98 Å². The molecule has 0 aliphatic carbocycles. The molecule has 0 unspecified atom stereocenters. The lowest BCUT2D eigenvalue weighted by molar-refractivity contribution is 0.104. The number of fused-ring (bicyclic) bond motifs is 1. The largest absolute Gasteiger partial charge is 0.345 e. The maximum atomic E-state index is 12.5. The van der Waals surface area contributed by atoms with Crippen molar-refractivity contribution in [3.63, 3.8) is 0 Å². The van der Waals surface area contributed by atoms with Crippen LogP contribution in [-0.2, 0) is 0 Å². The summed E-state index contributed by atoms with van der Waals surface area (Å²) in [6, 6.07) is 9.54. The van der Waals surface area contributed by atoms with Gasteiger partial charge in [-0.1, -0.05) is 12.1 Å². The van der Waals surface area contributed by atoms with Gasteiger partial charge in [0.25, 0.3) is 0 Å². The van der Waals surface area contributed by atoms with Gasteiger partial charge in [0.1, 0.15) is 5.65 Å². The minimum absolute atomic E-state index is 0.0300. The van der Waals surface area contributed by atoms with Crippen LogP contribution in [0.5, 0.6) is 0 Å². The maximum Gasteiger partial charge on any atom is 0.195 e. The lowest BCUT2D eigenvalue weighted by Gasteiger charge is -2.04. The van der Waals surface area contributed by atoms with Crippen molar-refractivity contribution >= 4 is 16.8 Å². The highest BCUT2D eigenvalue weighted by Crippen LogP contribution is 2.20. The Hall–Kier alpha value is -2.42. The Morgan fingerprint density at radius 1 is 1.16 bits per heavy atom. The Balaban J connectivity index is 2.11. The van der Waals surface area contributed by atoms with Crippen molar-refractivity contribution in [2.45, 2.75) is 13.8 Å². The van der Waals surface area contributed by atoms with Crippen LogP contribution in [0.2, 0.25) is 0 Å². The number of aromatic amines is 1. The number of aryl methyl sites for hydroxylation is 2. The van der Waals surface area contributed by atoms with Gasteiger partial charge in [0.2, 0.25) is 0 Å². The highest BCUT2D eigenvalue weighted by molar-refractivity contribution is 6.15. The van der Waals surface area contributed by atoms with Crippen LogP contribution < -0.4 is 0 Å². The van der Waals surface area contributed by atoms with Crippen LogP contribution in [0.15, 0.2) is 42.7 Å². The maximum absolute atomic E-state index is 12.5. The minimum Gasteiger partial charge on any atom is -0.345 e. The molecule has 3 heteroatoms. The second-order valence-corrected chi connectivity index (χ2v) is 4.73. The Labute approximate surface area is 111 Å². The minimum atomic E-state index is 0.0300. The smallest absolute Gasteiger partial charge is 0.195 e. The highest BCUT2D eigenvalue weighted by Gasteiger charge is 2.14. The molecular formula is C16H14N2O. The third-order valence-corrected chi connectivity index (χ3v) is 3.46. The molecule has 0 bridgehead atoms. The molecule has 0 saturated carbocycles. The summed E-state index contributed by atoms with van der Waals surface area (Å²) in [5.41, 5.74) is 4.45. The quantitative estimate of drug-likeness (QED) is 0.708. The van der Waals surface area contributed by atoms with Gasteiger partial charge in [0, 0.05) is 28.9 Å². The molecule has 1 aromatic carbocycles. The molecule has 0 aliphatic rings. The van der Waals surface area contributed by atoms with Gasteiger partial charge in [0.15, 0.2) is 5.78 Å². The van der Waals surface area contributed by atoms with Gasteiger partial charge in [-0.25, -0.2) is 4.98 Å². The van der Waals surface area contributed by atoms with E-state index < -0.39 is 0 Å². The van der Waals surface area contributed by atoms with Crippen molar-refractivity contribution in [2.24, 2.45) is 0 Å². The molecule has 94 valence electrons. The fraction of sp³-hybridized carbons (Fsp3) is 0.125. The van der Waals surface area contributed by atoms with Gasteiger partial charge >= 0.3 is 0 Å². The summed E-state index contributed by atoms with van der Waals surface area (Å²) in [5, 5.41) is 0.866. The summed E-state index contributed by atoms with van der Waals surface area (Å²) in [6.07, 6.45) is 3.44. The molecule has 2 heterocycles. The fourth-order valence-corrected chi connectivity index (χ4v) is 2.18. The van der Waals surface area contributed by atoms with E-state index in [0.717, 1.165) is 16.6 Å². The molecule has 0 saturated heterocycles. The number of rotatable bonds is 2. The summed E-state index contributed by atoms with van der Waals surface area (Å²) in [6.45, 7) is 4.06. The van der Waals surface area contributed by atoms with Crippen LogP contribution in [0.3, 0.4) is 0 Å². The molecule has 0 radical (unpaired) electrons. The zero-order valence-corrected chi connectivity index (χ0v) is 10.9. The number of H-pyrrole nitrogens is 1. The first-order chi connectivity index (χ1) is 9.16. The van der Waals surface area contributed by atoms with Crippen molar-refractivity contribution < 1.29 is 4.79 Å². The first-order valence-corrected chi connectivity index (χ1v) is 6.21. The van der Waals surface area contributed by atoms with E-state index in [1.165, 1.54) is 5.56 Å². The average Bonchev–Trinajstić information content (AvgIpc) is 2.85. The third-order valence-electron chi connectivity index (χ3n) is 3.46. The molecule has 0 fully saturated rings. The molecule has 19 heavy (non-hydrogen) atoms. The predicted molar refractivity (Wildman–Crippen MR) is 75.4 cm³/mol. The standard InChI is InChI=1S/C16H14N2O/c1-10-5-6-12(8-11(10)2)15(19)14-9-18-16-13(14)4-3-7-17-16/h3-9H,1-2H3,(H,17,18). The molecule has 1 N–H and O–H groups in total. The zero-order valence-electron chi connectivity index (χ0n) is 10.9. The summed E-state index contributed by atoms with van der Waals surface area (Å²) >= 11 is 0. The van der Waals surface area contributed by atoms with Crippen LogP contribution in [-0.4, -0.2) is 15.8 Å². The number of benzene rings is 1. The first kappa shape index (κ1) is 11.7. The molecule has 0 spiro atoms. The van der Waals surface area contributed by atoms with Crippen LogP contribution >= 0.6 is 0 Å². The molecule has 3 aromatic rings. The average molecular weight is 250 g/mol. The number of ketones is 1. The van der Waals surface area contributed by atoms with E-state index in [0.29, 0.717) is 11.1 Å². The van der Waals surface area contributed by atoms with Crippen molar-refractivity contribution in [2.75, 3.05) is 0 Å². The molecule has 0 atom stereocenters. The van der Waals surface area contributed by atoms with Crippen LogP contribution in [0.4, 0.5) is 0 Å². The number of aromatic nitrogens is 2. The zero-order chi connectivity index (χ0) is 13.4. The molecule has 3 rings (SSSR count). The van der Waals surface area contributed by atoms with Crippen LogP contribution in [0.1, 0.15) is 27.0 Å². The third kappa shape index (κ3) is 1.93. The Kier molecular flexibility index (Phi) is 2.67. The topological polar surface area (TPSA) is 45.8 Å². The lowest BCUT2D eigenvalue weighted by Crippen LogP contribution is -2.01. The summed E-state index contributed by atoms with van der Waals surface area (Å²) < 4.78 is 0. The fourth-order valence-electron chi connectivity index (χ4n) is 2.18. The summed E-state index contributed by atoms with van der Waals surface area (Å²) in [7, 11) is 0. The molecule has 0 amide bonds. The van der Waals surface area contributed by atoms with E-state index in [1.54, 1.807) is 12.4 Å². The lowest BCUT2D eigenvalue weighted by atomic mass is 9.99. The number of nitrogens with zero attached hydrogens (tertiary/aromatic N) is 1. The van der Waals surface area contributed by atoms with Crippen molar-refractivity contribution in [3.05, 3.63) is 65.0 Å². The van der Waals surface area contributed by atoms with E-state index in [-0.39, 0.29) is 5.78 Å². The van der Waals surface area contributed by atoms with E-state index in [1.807, 2.05) is 44.2 Å². The SMILES string of the molecule is Cc1ccc(C(=O)c2c[nH]c3ncccc23)cc1C. The van der Waals surface area contributed by atoms with Gasteiger partial charge in [-0.05, 0) is 43.2 Å². The Morgan fingerprint density at radius 3 is 2.79 bits per heavy atom. The normalized spacial score (nSPS) is 10.8. The monoisotopic (exact) mass is 250 g/mol. The van der Waals surface area contributed by atoms with Gasteiger partial charge in [-0.15, -0.1) is 0 Å². The number of carbonyl (C=O) groups is 1. The van der Waals surface area contributed by atoms with Gasteiger partial charge in [0.05, 0.1) is 0 Å². The van der Waals surface area contributed by atoms with Crippen molar-refractivity contribution in [1.29, 1.82) is 0 Å². The number of hydrogen-bond acceptors (Lipinski definition) is 2. The van der Waals surface area contributed by atoms with Crippen molar-refractivity contribution in [1.82, 2.24) is 9.97 Å². The predicted octanol–water partition coefficient (Wildman–Crippen LogP) is 3.41. The van der Waals surface area contributed by atoms with Crippen molar-refractivity contribution in [3.8, 4) is 0 Å². The van der Waals surface area contributed by atoms with Gasteiger partial charge in [-0.3, -0.25) is 4.79 Å². The highest BCUT2D eigenvalue weighted by atomic mass is 16.1.